The highest BCUT2D eigenvalue weighted by Gasteiger charge is 2.34. The van der Waals surface area contributed by atoms with E-state index in [2.05, 4.69) is 10.6 Å². The summed E-state index contributed by atoms with van der Waals surface area (Å²) in [6, 6.07) is -1.09. The van der Waals surface area contributed by atoms with Crippen LogP contribution in [-0.4, -0.2) is 52.5 Å². The van der Waals surface area contributed by atoms with E-state index >= 15 is 0 Å². The Labute approximate surface area is 102 Å². The molecule has 1 aliphatic heterocycles. The van der Waals surface area contributed by atoms with Gasteiger partial charge in [0.1, 0.15) is 11.8 Å². The van der Waals surface area contributed by atoms with Crippen molar-refractivity contribution in [3.8, 4) is 0 Å². The molecule has 3 atom stereocenters. The monoisotopic (exact) mass is 264 g/mol. The highest BCUT2D eigenvalue weighted by molar-refractivity contribution is 7.98. The number of amides is 2. The van der Waals surface area contributed by atoms with Gasteiger partial charge in [-0.05, 0) is 18.4 Å². The van der Waals surface area contributed by atoms with Crippen LogP contribution in [0.3, 0.4) is 0 Å². The Balaban J connectivity index is 2.50. The van der Waals surface area contributed by atoms with Gasteiger partial charge < -0.3 is 15.2 Å². The smallest absolute Gasteiger partial charge is 0.248 e. The van der Waals surface area contributed by atoms with Gasteiger partial charge in [-0.3, -0.25) is 9.59 Å². The second-order valence-corrected chi connectivity index (χ2v) is 6.11. The first-order chi connectivity index (χ1) is 7.54. The van der Waals surface area contributed by atoms with Crippen LogP contribution in [0.1, 0.15) is 6.42 Å². The number of piperazine rings is 1. The van der Waals surface area contributed by atoms with Gasteiger partial charge in [0, 0.05) is 0 Å². The first kappa shape index (κ1) is 13.7. The SMILES string of the molecule is CSCCC1NC(=O)C(C[S+](C)[O-])NC1=O. The number of hydrogen-bond donors (Lipinski definition) is 2. The van der Waals surface area contributed by atoms with Gasteiger partial charge in [0.25, 0.3) is 0 Å². The lowest BCUT2D eigenvalue weighted by atomic mass is 10.1. The molecule has 1 aliphatic rings. The molecule has 92 valence electrons. The summed E-state index contributed by atoms with van der Waals surface area (Å²) in [5.74, 6) is 0.584. The summed E-state index contributed by atoms with van der Waals surface area (Å²) >= 11 is 0.535. The number of nitrogens with one attached hydrogen (secondary N) is 2. The fraction of sp³-hybridized carbons (Fsp3) is 0.778. The van der Waals surface area contributed by atoms with Crippen LogP contribution in [0.4, 0.5) is 0 Å². The van der Waals surface area contributed by atoms with Gasteiger partial charge in [0.2, 0.25) is 11.8 Å². The average molecular weight is 264 g/mol. The van der Waals surface area contributed by atoms with Crippen LogP contribution < -0.4 is 10.6 Å². The molecule has 7 heteroatoms. The summed E-state index contributed by atoms with van der Waals surface area (Å²) in [5.41, 5.74) is 0. The van der Waals surface area contributed by atoms with Crippen LogP contribution in [0.5, 0.6) is 0 Å². The Kier molecular flexibility index (Phi) is 5.43. The van der Waals surface area contributed by atoms with E-state index in [1.807, 2.05) is 6.26 Å². The third-order valence-electron chi connectivity index (χ3n) is 2.28. The fourth-order valence-electron chi connectivity index (χ4n) is 1.47. The van der Waals surface area contributed by atoms with Crippen LogP contribution in [-0.2, 0) is 20.8 Å². The van der Waals surface area contributed by atoms with Gasteiger partial charge in [0.05, 0.1) is 6.26 Å². The number of rotatable bonds is 5. The average Bonchev–Trinajstić information content (AvgIpc) is 2.20. The lowest BCUT2D eigenvalue weighted by Gasteiger charge is -2.29. The van der Waals surface area contributed by atoms with Crippen molar-refractivity contribution in [3.05, 3.63) is 0 Å². The van der Waals surface area contributed by atoms with E-state index in [4.69, 9.17) is 0 Å². The third-order valence-corrected chi connectivity index (χ3v) is 3.72. The molecule has 5 nitrogen and oxygen atoms in total. The number of carbonyl (C=O) groups is 2. The molecule has 1 rings (SSSR count). The van der Waals surface area contributed by atoms with Gasteiger partial charge in [0.15, 0.2) is 6.04 Å². The van der Waals surface area contributed by atoms with Gasteiger partial charge >= 0.3 is 0 Å². The van der Waals surface area contributed by atoms with Crippen molar-refractivity contribution >= 4 is 34.8 Å². The number of carbonyl (C=O) groups excluding carboxylic acids is 2. The summed E-state index contributed by atoms with van der Waals surface area (Å²) in [7, 11) is 0. The van der Waals surface area contributed by atoms with E-state index < -0.39 is 23.3 Å². The van der Waals surface area contributed by atoms with E-state index in [1.165, 1.54) is 6.26 Å². The Hall–Kier alpha value is -0.400. The van der Waals surface area contributed by atoms with Crippen molar-refractivity contribution in [1.82, 2.24) is 10.6 Å². The molecule has 0 radical (unpaired) electrons. The Bertz CT molecular complexity index is 273. The topological polar surface area (TPSA) is 81.3 Å². The van der Waals surface area contributed by atoms with Gasteiger partial charge in [-0.15, -0.1) is 0 Å². The molecule has 0 aromatic heterocycles. The fourth-order valence-corrected chi connectivity index (χ4v) is 2.64. The van der Waals surface area contributed by atoms with E-state index in [0.29, 0.717) is 6.42 Å². The first-order valence-electron chi connectivity index (χ1n) is 4.94. The lowest BCUT2D eigenvalue weighted by molar-refractivity contribution is -0.136. The summed E-state index contributed by atoms with van der Waals surface area (Å²) in [4.78, 5) is 23.2. The molecule has 0 saturated carbocycles. The highest BCUT2D eigenvalue weighted by Crippen LogP contribution is 2.06. The molecule has 1 heterocycles. The zero-order chi connectivity index (χ0) is 12.1. The van der Waals surface area contributed by atoms with E-state index in [9.17, 15) is 14.1 Å². The highest BCUT2D eigenvalue weighted by atomic mass is 32.2. The Morgan fingerprint density at radius 1 is 1.31 bits per heavy atom. The van der Waals surface area contributed by atoms with Crippen LogP contribution in [0.15, 0.2) is 0 Å². The molecule has 1 fully saturated rings. The normalized spacial score (nSPS) is 27.2. The second kappa shape index (κ2) is 6.36. The minimum atomic E-state index is -1.10. The van der Waals surface area contributed by atoms with Gasteiger partial charge in [-0.1, -0.05) is 11.2 Å². The minimum absolute atomic E-state index is 0.173. The predicted octanol–water partition coefficient (Wildman–Crippen LogP) is -0.899. The first-order valence-corrected chi connectivity index (χ1v) is 8.06. The zero-order valence-electron chi connectivity index (χ0n) is 9.32. The number of thioether (sulfide) groups is 1. The molecule has 2 N–H and O–H groups in total. The van der Waals surface area contributed by atoms with Crippen molar-refractivity contribution in [2.75, 3.05) is 24.0 Å². The maximum Gasteiger partial charge on any atom is 0.248 e. The molecule has 0 bridgehead atoms. The van der Waals surface area contributed by atoms with E-state index in [0.717, 1.165) is 5.75 Å². The van der Waals surface area contributed by atoms with Crippen LogP contribution >= 0.6 is 11.8 Å². The largest absolute Gasteiger partial charge is 0.616 e. The van der Waals surface area contributed by atoms with Gasteiger partial charge in [-0.2, -0.15) is 11.8 Å². The van der Waals surface area contributed by atoms with Crippen molar-refractivity contribution < 1.29 is 14.1 Å². The second-order valence-electron chi connectivity index (χ2n) is 3.64. The standard InChI is InChI=1S/C9H16N2O3S2/c1-15-4-3-6-8(12)11-7(5-16(2)14)9(13)10-6/h6-7H,3-5H2,1-2H3,(H,10,13)(H,11,12). The summed E-state index contributed by atoms with van der Waals surface area (Å²) in [5, 5.41) is 5.26. The predicted molar refractivity (Wildman–Crippen MR) is 65.8 cm³/mol. The third kappa shape index (κ3) is 3.88. The van der Waals surface area contributed by atoms with Crippen LogP contribution in [0.25, 0.3) is 0 Å². The summed E-state index contributed by atoms with van der Waals surface area (Å²) in [6.45, 7) is 0. The van der Waals surface area contributed by atoms with Crippen LogP contribution in [0.2, 0.25) is 0 Å². The molecule has 0 aromatic rings. The van der Waals surface area contributed by atoms with Crippen molar-refractivity contribution in [3.63, 3.8) is 0 Å². The summed E-state index contributed by atoms with van der Waals surface area (Å²) < 4.78 is 11.0. The van der Waals surface area contributed by atoms with E-state index in [1.54, 1.807) is 11.8 Å². The molecular formula is C9H16N2O3S2. The van der Waals surface area contributed by atoms with E-state index in [-0.39, 0.29) is 17.6 Å². The molecular weight excluding hydrogens is 248 g/mol. The molecule has 3 unspecified atom stereocenters. The molecule has 0 spiro atoms. The Morgan fingerprint density at radius 2 is 1.88 bits per heavy atom. The Morgan fingerprint density at radius 3 is 2.44 bits per heavy atom. The van der Waals surface area contributed by atoms with Crippen molar-refractivity contribution in [2.45, 2.75) is 18.5 Å². The van der Waals surface area contributed by atoms with Gasteiger partial charge in [-0.25, -0.2) is 0 Å². The molecule has 0 aliphatic carbocycles. The maximum absolute atomic E-state index is 11.6. The van der Waals surface area contributed by atoms with Crippen molar-refractivity contribution in [1.29, 1.82) is 0 Å². The van der Waals surface area contributed by atoms with Crippen LogP contribution in [0, 0.1) is 0 Å². The molecule has 16 heavy (non-hydrogen) atoms. The number of hydrogen-bond acceptors (Lipinski definition) is 4. The molecule has 2 amide bonds. The van der Waals surface area contributed by atoms with Crippen molar-refractivity contribution in [2.24, 2.45) is 0 Å². The molecule has 1 saturated heterocycles. The lowest BCUT2D eigenvalue weighted by Crippen LogP contribution is -2.63. The summed E-state index contributed by atoms with van der Waals surface area (Å²) in [6.07, 6.45) is 4.09. The minimum Gasteiger partial charge on any atom is -0.616 e. The maximum atomic E-state index is 11.6. The quantitative estimate of drug-likeness (QED) is 0.631. The zero-order valence-corrected chi connectivity index (χ0v) is 11.0. The molecule has 0 aromatic carbocycles.